The fourth-order valence-electron chi connectivity index (χ4n) is 2.76. The van der Waals surface area contributed by atoms with Gasteiger partial charge in [0, 0.05) is 32.1 Å². The van der Waals surface area contributed by atoms with Gasteiger partial charge in [-0.25, -0.2) is 4.79 Å². The van der Waals surface area contributed by atoms with Crippen molar-refractivity contribution in [3.8, 4) is 0 Å². The predicted molar refractivity (Wildman–Crippen MR) is 97.2 cm³/mol. The maximum Gasteiger partial charge on any atom is 0.419 e. The van der Waals surface area contributed by atoms with Gasteiger partial charge in [0.05, 0.1) is 16.5 Å². The van der Waals surface area contributed by atoms with Gasteiger partial charge in [0.2, 0.25) is 5.91 Å². The first-order valence-electron chi connectivity index (χ1n) is 8.73. The molecule has 1 amide bonds. The average molecular weight is 364 g/mol. The highest BCUT2D eigenvalue weighted by Gasteiger charge is 2.14. The van der Waals surface area contributed by atoms with Gasteiger partial charge in [-0.2, -0.15) is 0 Å². The van der Waals surface area contributed by atoms with Gasteiger partial charge in [-0.15, -0.1) is 0 Å². The number of benzene rings is 1. The second kappa shape index (κ2) is 9.14. The summed E-state index contributed by atoms with van der Waals surface area (Å²) in [7, 11) is 0. The van der Waals surface area contributed by atoms with Crippen molar-refractivity contribution in [2.24, 2.45) is 0 Å². The molecule has 1 heterocycles. The molecule has 0 saturated carbocycles. The molecule has 1 aromatic carbocycles. The molecule has 0 spiro atoms. The second-order valence-electron chi connectivity index (χ2n) is 5.91. The summed E-state index contributed by atoms with van der Waals surface area (Å²) in [6.07, 6.45) is 0.771. The normalized spacial score (nSPS) is 11.2. The van der Waals surface area contributed by atoms with E-state index >= 15 is 0 Å². The minimum absolute atomic E-state index is 0.0614. The van der Waals surface area contributed by atoms with Crippen molar-refractivity contribution < 1.29 is 14.1 Å². The number of non-ortho nitro benzene ring substituents is 1. The number of nitrogens with one attached hydrogen (secondary N) is 1. The van der Waals surface area contributed by atoms with Crippen molar-refractivity contribution in [1.29, 1.82) is 0 Å². The molecule has 0 aliphatic rings. The standard InChI is InChI=1S/C17H24N4O5/c1-3-19(4-2)11-9-18-16(22)6-5-10-20-14-8-7-13(21(24)25)12-15(14)26-17(20)23/h7-8,12H,3-6,9-11H2,1-2H3,(H,18,22). The first-order valence-corrected chi connectivity index (χ1v) is 8.73. The van der Waals surface area contributed by atoms with Crippen LogP contribution in [0.25, 0.3) is 11.1 Å². The number of fused-ring (bicyclic) bond motifs is 1. The summed E-state index contributed by atoms with van der Waals surface area (Å²) >= 11 is 0. The molecule has 9 heteroatoms. The zero-order valence-electron chi connectivity index (χ0n) is 15.1. The fourth-order valence-corrected chi connectivity index (χ4v) is 2.76. The minimum Gasteiger partial charge on any atom is -0.407 e. The van der Waals surface area contributed by atoms with Crippen LogP contribution in [0.3, 0.4) is 0 Å². The first kappa shape index (κ1) is 19.6. The quantitative estimate of drug-likeness (QED) is 0.508. The molecule has 0 aliphatic heterocycles. The van der Waals surface area contributed by atoms with Crippen LogP contribution in [0.1, 0.15) is 26.7 Å². The average Bonchev–Trinajstić information content (AvgIpc) is 2.93. The number of carbonyl (C=O) groups is 1. The Labute approximate surface area is 150 Å². The summed E-state index contributed by atoms with van der Waals surface area (Å²) < 4.78 is 6.45. The van der Waals surface area contributed by atoms with Crippen LogP contribution in [-0.4, -0.2) is 46.5 Å². The molecule has 0 saturated heterocycles. The molecular formula is C17H24N4O5. The number of rotatable bonds is 10. The number of oxazole rings is 1. The molecule has 0 atom stereocenters. The number of nitro groups is 1. The van der Waals surface area contributed by atoms with Gasteiger partial charge in [0.25, 0.3) is 5.69 Å². The highest BCUT2D eigenvalue weighted by atomic mass is 16.6. The van der Waals surface area contributed by atoms with Crippen LogP contribution in [0.2, 0.25) is 0 Å². The number of carbonyl (C=O) groups excluding carboxylic acids is 1. The Bertz CT molecular complexity index is 822. The van der Waals surface area contributed by atoms with E-state index in [2.05, 4.69) is 24.1 Å². The van der Waals surface area contributed by atoms with Crippen molar-refractivity contribution in [3.05, 3.63) is 38.9 Å². The molecule has 1 aromatic heterocycles. The van der Waals surface area contributed by atoms with Crippen molar-refractivity contribution in [1.82, 2.24) is 14.8 Å². The Morgan fingerprint density at radius 1 is 1.35 bits per heavy atom. The molecule has 9 nitrogen and oxygen atoms in total. The number of hydrogen-bond acceptors (Lipinski definition) is 6. The fraction of sp³-hybridized carbons (Fsp3) is 0.529. The number of amides is 1. The number of nitro benzene ring substituents is 1. The van der Waals surface area contributed by atoms with Gasteiger partial charge in [-0.1, -0.05) is 13.8 Å². The lowest BCUT2D eigenvalue weighted by molar-refractivity contribution is -0.384. The highest BCUT2D eigenvalue weighted by Crippen LogP contribution is 2.20. The molecule has 0 bridgehead atoms. The third-order valence-electron chi connectivity index (χ3n) is 4.29. The summed E-state index contributed by atoms with van der Waals surface area (Å²) in [6, 6.07) is 4.05. The number of nitrogens with zero attached hydrogens (tertiary/aromatic N) is 3. The van der Waals surface area contributed by atoms with Crippen molar-refractivity contribution in [3.63, 3.8) is 0 Å². The molecule has 0 radical (unpaired) electrons. The molecule has 26 heavy (non-hydrogen) atoms. The van der Waals surface area contributed by atoms with Gasteiger partial charge in [0.15, 0.2) is 5.58 Å². The molecule has 0 unspecified atom stereocenters. The van der Waals surface area contributed by atoms with Gasteiger partial charge in [-0.05, 0) is 25.6 Å². The van der Waals surface area contributed by atoms with Crippen LogP contribution in [-0.2, 0) is 11.3 Å². The summed E-state index contributed by atoms with van der Waals surface area (Å²) in [4.78, 5) is 36.3. The molecule has 142 valence electrons. The summed E-state index contributed by atoms with van der Waals surface area (Å²) in [5.74, 6) is -0.643. The third kappa shape index (κ3) is 4.92. The topological polar surface area (TPSA) is 111 Å². The Morgan fingerprint density at radius 2 is 2.08 bits per heavy atom. The van der Waals surface area contributed by atoms with E-state index in [1.807, 2.05) is 0 Å². The lowest BCUT2D eigenvalue weighted by atomic mass is 10.2. The lowest BCUT2D eigenvalue weighted by Crippen LogP contribution is -2.34. The van der Waals surface area contributed by atoms with Crippen molar-refractivity contribution >= 4 is 22.7 Å². The largest absolute Gasteiger partial charge is 0.419 e. The molecule has 2 aromatic rings. The SMILES string of the molecule is CCN(CC)CCNC(=O)CCCn1c(=O)oc2cc([N+](=O)[O-])ccc21. The highest BCUT2D eigenvalue weighted by molar-refractivity contribution is 5.76. The van der Waals surface area contributed by atoms with Crippen LogP contribution in [0.15, 0.2) is 27.4 Å². The number of likely N-dealkylation sites (N-methyl/N-ethyl adjacent to an activating group) is 1. The van der Waals surface area contributed by atoms with Gasteiger partial charge in [-0.3, -0.25) is 19.5 Å². The van der Waals surface area contributed by atoms with Crippen LogP contribution in [0.4, 0.5) is 5.69 Å². The van der Waals surface area contributed by atoms with E-state index in [0.29, 0.717) is 31.4 Å². The Hall–Kier alpha value is -2.68. The number of aromatic nitrogens is 1. The summed E-state index contributed by atoms with van der Waals surface area (Å²) in [6.45, 7) is 7.76. The molecular weight excluding hydrogens is 340 g/mol. The number of hydrogen-bond donors (Lipinski definition) is 1. The Kier molecular flexibility index (Phi) is 6.90. The summed E-state index contributed by atoms with van der Waals surface area (Å²) in [5, 5.41) is 13.6. The minimum atomic E-state index is -0.581. The van der Waals surface area contributed by atoms with E-state index in [1.165, 1.54) is 22.8 Å². The summed E-state index contributed by atoms with van der Waals surface area (Å²) in [5.41, 5.74) is 0.529. The van der Waals surface area contributed by atoms with Crippen LogP contribution in [0, 0.1) is 10.1 Å². The monoisotopic (exact) mass is 364 g/mol. The van der Waals surface area contributed by atoms with Crippen LogP contribution < -0.4 is 11.1 Å². The van der Waals surface area contributed by atoms with E-state index < -0.39 is 10.7 Å². The zero-order valence-corrected chi connectivity index (χ0v) is 15.1. The third-order valence-corrected chi connectivity index (χ3v) is 4.29. The number of aryl methyl sites for hydroxylation is 1. The molecule has 0 aliphatic carbocycles. The lowest BCUT2D eigenvalue weighted by Gasteiger charge is -2.17. The van der Waals surface area contributed by atoms with Crippen LogP contribution in [0.5, 0.6) is 0 Å². The second-order valence-corrected chi connectivity index (χ2v) is 5.91. The van der Waals surface area contributed by atoms with Crippen LogP contribution >= 0.6 is 0 Å². The zero-order chi connectivity index (χ0) is 19.1. The Morgan fingerprint density at radius 3 is 2.73 bits per heavy atom. The maximum atomic E-state index is 11.9. The predicted octanol–water partition coefficient (Wildman–Crippen LogP) is 1.74. The van der Waals surface area contributed by atoms with Crippen molar-refractivity contribution in [2.75, 3.05) is 26.2 Å². The van der Waals surface area contributed by atoms with Gasteiger partial charge < -0.3 is 14.6 Å². The van der Waals surface area contributed by atoms with Crippen molar-refractivity contribution in [2.45, 2.75) is 33.2 Å². The smallest absolute Gasteiger partial charge is 0.407 e. The van der Waals surface area contributed by atoms with E-state index in [4.69, 9.17) is 4.42 Å². The van der Waals surface area contributed by atoms with Gasteiger partial charge >= 0.3 is 5.76 Å². The van der Waals surface area contributed by atoms with E-state index in [1.54, 1.807) is 0 Å². The van der Waals surface area contributed by atoms with E-state index in [-0.39, 0.29) is 17.2 Å². The van der Waals surface area contributed by atoms with E-state index in [0.717, 1.165) is 19.6 Å². The maximum absolute atomic E-state index is 11.9. The molecule has 0 fully saturated rings. The van der Waals surface area contributed by atoms with E-state index in [9.17, 15) is 19.7 Å². The Balaban J connectivity index is 1.88. The molecule has 1 N–H and O–H groups in total. The van der Waals surface area contributed by atoms with Gasteiger partial charge in [0.1, 0.15) is 0 Å². The first-order chi connectivity index (χ1) is 12.5. The molecule has 2 rings (SSSR count).